The summed E-state index contributed by atoms with van der Waals surface area (Å²) in [4.78, 5) is 24.2. The lowest BCUT2D eigenvalue weighted by atomic mass is 9.99. The Morgan fingerprint density at radius 2 is 2.04 bits per heavy atom. The maximum absolute atomic E-state index is 13.7. The van der Waals surface area contributed by atoms with Crippen molar-refractivity contribution in [2.75, 3.05) is 6.61 Å². The molecule has 2 N–H and O–H groups in total. The van der Waals surface area contributed by atoms with Gasteiger partial charge in [0.1, 0.15) is 18.2 Å². The van der Waals surface area contributed by atoms with E-state index in [0.717, 1.165) is 12.1 Å². The van der Waals surface area contributed by atoms with Gasteiger partial charge in [-0.05, 0) is 17.7 Å². The van der Waals surface area contributed by atoms with Gasteiger partial charge in [-0.25, -0.2) is 8.78 Å². The number of hydrogen-bond acceptors (Lipinski definition) is 3. The zero-order chi connectivity index (χ0) is 18.7. The topological polar surface area (TPSA) is 67.4 Å². The van der Waals surface area contributed by atoms with E-state index in [9.17, 15) is 18.4 Å². The third-order valence-corrected chi connectivity index (χ3v) is 4.32. The van der Waals surface area contributed by atoms with Gasteiger partial charge in [-0.3, -0.25) is 9.59 Å². The lowest BCUT2D eigenvalue weighted by molar-refractivity contribution is -0.148. The molecule has 1 aliphatic heterocycles. The first-order valence-corrected chi connectivity index (χ1v) is 8.20. The molecule has 0 radical (unpaired) electrons. The van der Waals surface area contributed by atoms with E-state index in [0.29, 0.717) is 10.6 Å². The summed E-state index contributed by atoms with van der Waals surface area (Å²) in [5.41, 5.74) is 0.671. The van der Waals surface area contributed by atoms with Crippen molar-refractivity contribution in [2.45, 2.75) is 18.7 Å². The molecule has 2 amide bonds. The van der Waals surface area contributed by atoms with Crippen molar-refractivity contribution in [3.05, 3.63) is 70.2 Å². The second-order valence-electron chi connectivity index (χ2n) is 5.75. The van der Waals surface area contributed by atoms with E-state index in [-0.39, 0.29) is 24.6 Å². The molecular weight excluding hydrogens is 366 g/mol. The van der Waals surface area contributed by atoms with Crippen LogP contribution >= 0.6 is 11.6 Å². The predicted molar refractivity (Wildman–Crippen MR) is 90.3 cm³/mol. The summed E-state index contributed by atoms with van der Waals surface area (Å²) in [6.45, 7) is -0.419. The summed E-state index contributed by atoms with van der Waals surface area (Å²) in [5.74, 6) is -2.37. The Labute approximate surface area is 153 Å². The second kappa shape index (κ2) is 7.80. The molecule has 136 valence electrons. The maximum Gasteiger partial charge on any atom is 0.251 e. The normalized spacial score (nSPS) is 19.7. The quantitative estimate of drug-likeness (QED) is 0.856. The third kappa shape index (κ3) is 4.00. The number of rotatable bonds is 4. The summed E-state index contributed by atoms with van der Waals surface area (Å²) in [6.07, 6.45) is -1.03. The van der Waals surface area contributed by atoms with Gasteiger partial charge in [-0.2, -0.15) is 0 Å². The molecule has 26 heavy (non-hydrogen) atoms. The monoisotopic (exact) mass is 380 g/mol. The number of carbonyl (C=O) groups excluding carboxylic acids is 2. The third-order valence-electron chi connectivity index (χ3n) is 3.98. The minimum Gasteiger partial charge on any atom is -0.356 e. The molecule has 0 bridgehead atoms. The molecule has 1 aliphatic rings. The summed E-state index contributed by atoms with van der Waals surface area (Å²) in [6, 6.07) is 9.10. The van der Waals surface area contributed by atoms with E-state index in [4.69, 9.17) is 16.3 Å². The van der Waals surface area contributed by atoms with Crippen LogP contribution in [0.15, 0.2) is 42.5 Å². The predicted octanol–water partition coefficient (Wildman–Crippen LogP) is 2.49. The SMILES string of the molecule is O=C1CO[C@H](C(=O)NCc2ccc(F)cc2F)[C@@H](c2ccccc2Cl)N1. The summed E-state index contributed by atoms with van der Waals surface area (Å²) < 4.78 is 32.0. The van der Waals surface area contributed by atoms with Crippen molar-refractivity contribution < 1.29 is 23.1 Å². The maximum atomic E-state index is 13.7. The zero-order valence-corrected chi connectivity index (χ0v) is 14.2. The first kappa shape index (κ1) is 18.3. The smallest absolute Gasteiger partial charge is 0.251 e. The van der Waals surface area contributed by atoms with Crippen LogP contribution in [0.5, 0.6) is 0 Å². The Morgan fingerprint density at radius 3 is 2.77 bits per heavy atom. The highest BCUT2D eigenvalue weighted by atomic mass is 35.5. The number of hydrogen-bond donors (Lipinski definition) is 2. The van der Waals surface area contributed by atoms with Crippen LogP contribution in [0.3, 0.4) is 0 Å². The van der Waals surface area contributed by atoms with Crippen molar-refractivity contribution in [2.24, 2.45) is 0 Å². The van der Waals surface area contributed by atoms with Gasteiger partial charge in [0.25, 0.3) is 5.91 Å². The summed E-state index contributed by atoms with van der Waals surface area (Å²) in [7, 11) is 0. The molecule has 1 fully saturated rings. The van der Waals surface area contributed by atoms with E-state index in [1.54, 1.807) is 24.3 Å². The lowest BCUT2D eigenvalue weighted by Crippen LogP contribution is -2.52. The molecule has 0 saturated carbocycles. The van der Waals surface area contributed by atoms with Gasteiger partial charge in [0.2, 0.25) is 5.91 Å². The molecular formula is C18H15ClF2N2O3. The minimum absolute atomic E-state index is 0.133. The van der Waals surface area contributed by atoms with E-state index in [2.05, 4.69) is 10.6 Å². The number of morpholine rings is 1. The highest BCUT2D eigenvalue weighted by Gasteiger charge is 2.36. The standard InChI is InChI=1S/C18H15ClF2N2O3/c19-13-4-2-1-3-12(13)16-17(26-9-15(24)23-16)18(25)22-8-10-5-6-11(20)7-14(10)21/h1-7,16-17H,8-9H2,(H,22,25)(H,23,24)/t16-,17+/m1/s1. The van der Waals surface area contributed by atoms with E-state index in [1.165, 1.54) is 6.07 Å². The minimum atomic E-state index is -1.03. The van der Waals surface area contributed by atoms with E-state index >= 15 is 0 Å². The molecule has 2 atom stereocenters. The summed E-state index contributed by atoms with van der Waals surface area (Å²) in [5, 5.41) is 5.61. The number of benzene rings is 2. The van der Waals surface area contributed by atoms with Gasteiger partial charge in [-0.15, -0.1) is 0 Å². The van der Waals surface area contributed by atoms with Crippen molar-refractivity contribution in [3.63, 3.8) is 0 Å². The first-order valence-electron chi connectivity index (χ1n) is 7.82. The Morgan fingerprint density at radius 1 is 1.27 bits per heavy atom. The lowest BCUT2D eigenvalue weighted by Gasteiger charge is -2.32. The number of ether oxygens (including phenoxy) is 1. The molecule has 3 rings (SSSR count). The molecule has 1 saturated heterocycles. The average molecular weight is 381 g/mol. The van der Waals surface area contributed by atoms with Crippen LogP contribution in [0.2, 0.25) is 5.02 Å². The Bertz CT molecular complexity index is 847. The molecule has 5 nitrogen and oxygen atoms in total. The van der Waals surface area contributed by atoms with Crippen LogP contribution in [0, 0.1) is 11.6 Å². The number of halogens is 3. The second-order valence-corrected chi connectivity index (χ2v) is 6.16. The van der Waals surface area contributed by atoms with Crippen LogP contribution in [-0.2, 0) is 20.9 Å². The van der Waals surface area contributed by atoms with Gasteiger partial charge in [-0.1, -0.05) is 35.9 Å². The van der Waals surface area contributed by atoms with Crippen LogP contribution in [0.25, 0.3) is 0 Å². The number of amides is 2. The van der Waals surface area contributed by atoms with Gasteiger partial charge in [0.05, 0.1) is 6.04 Å². The van der Waals surface area contributed by atoms with E-state index in [1.807, 2.05) is 0 Å². The van der Waals surface area contributed by atoms with Gasteiger partial charge >= 0.3 is 0 Å². The fourth-order valence-electron chi connectivity index (χ4n) is 2.70. The Hall–Kier alpha value is -2.51. The van der Waals surface area contributed by atoms with Crippen LogP contribution < -0.4 is 10.6 Å². The molecule has 8 heteroatoms. The molecule has 2 aromatic rings. The molecule has 0 spiro atoms. The molecule has 0 aliphatic carbocycles. The highest BCUT2D eigenvalue weighted by molar-refractivity contribution is 6.31. The van der Waals surface area contributed by atoms with Crippen molar-refractivity contribution >= 4 is 23.4 Å². The van der Waals surface area contributed by atoms with Gasteiger partial charge in [0, 0.05) is 23.2 Å². The first-order chi connectivity index (χ1) is 12.5. The van der Waals surface area contributed by atoms with Crippen LogP contribution in [-0.4, -0.2) is 24.5 Å². The van der Waals surface area contributed by atoms with Gasteiger partial charge < -0.3 is 15.4 Å². The van der Waals surface area contributed by atoms with Crippen molar-refractivity contribution in [3.8, 4) is 0 Å². The highest BCUT2D eigenvalue weighted by Crippen LogP contribution is 2.28. The molecule has 2 aromatic carbocycles. The van der Waals surface area contributed by atoms with Crippen LogP contribution in [0.1, 0.15) is 17.2 Å². The average Bonchev–Trinajstić information content (AvgIpc) is 2.61. The Kier molecular flexibility index (Phi) is 5.49. The van der Waals surface area contributed by atoms with Gasteiger partial charge in [0.15, 0.2) is 6.10 Å². The fourth-order valence-corrected chi connectivity index (χ4v) is 2.95. The molecule has 0 aromatic heterocycles. The van der Waals surface area contributed by atoms with Crippen molar-refractivity contribution in [1.29, 1.82) is 0 Å². The Balaban J connectivity index is 1.75. The molecule has 1 heterocycles. The van der Waals surface area contributed by atoms with Crippen LogP contribution in [0.4, 0.5) is 8.78 Å². The zero-order valence-electron chi connectivity index (χ0n) is 13.5. The van der Waals surface area contributed by atoms with E-state index < -0.39 is 29.7 Å². The fraction of sp³-hybridized carbons (Fsp3) is 0.222. The number of carbonyl (C=O) groups is 2. The largest absolute Gasteiger partial charge is 0.356 e. The number of nitrogens with one attached hydrogen (secondary N) is 2. The van der Waals surface area contributed by atoms with Crippen molar-refractivity contribution in [1.82, 2.24) is 10.6 Å². The summed E-state index contributed by atoms with van der Waals surface area (Å²) >= 11 is 6.16. The molecule has 0 unspecified atom stereocenters.